The number of fused-ring (bicyclic) bond motifs is 1. The van der Waals surface area contributed by atoms with Crippen LogP contribution in [0, 0.1) is 0 Å². The van der Waals surface area contributed by atoms with Crippen molar-refractivity contribution < 1.29 is 19.4 Å². The van der Waals surface area contributed by atoms with Crippen LogP contribution < -0.4 is 9.47 Å². The van der Waals surface area contributed by atoms with Gasteiger partial charge in [0.25, 0.3) is 5.79 Å². The minimum atomic E-state index is -0.831. The van der Waals surface area contributed by atoms with Crippen molar-refractivity contribution in [2.75, 3.05) is 0 Å². The van der Waals surface area contributed by atoms with E-state index in [1.165, 1.54) is 0 Å². The van der Waals surface area contributed by atoms with Crippen molar-refractivity contribution in [2.24, 2.45) is 0 Å². The second-order valence-corrected chi connectivity index (χ2v) is 4.73. The fraction of sp³-hybridized carbons (Fsp3) is 0.462. The molecule has 4 nitrogen and oxygen atoms in total. The second kappa shape index (κ2) is 3.39. The van der Waals surface area contributed by atoms with E-state index in [1.807, 2.05) is 0 Å². The van der Waals surface area contributed by atoms with Gasteiger partial charge in [-0.05, 0) is 31.0 Å². The molecule has 1 fully saturated rings. The number of benzene rings is 1. The van der Waals surface area contributed by atoms with Crippen LogP contribution >= 0.6 is 0 Å². The van der Waals surface area contributed by atoms with E-state index in [9.17, 15) is 4.79 Å². The number of aliphatic carboxylic acids is 1. The highest BCUT2D eigenvalue weighted by Gasteiger charge is 2.47. The number of carboxylic acids is 1. The van der Waals surface area contributed by atoms with Gasteiger partial charge in [-0.15, -0.1) is 0 Å². The first kappa shape index (κ1) is 10.4. The molecule has 17 heavy (non-hydrogen) atoms. The lowest BCUT2D eigenvalue weighted by atomic mass is 9.91. The zero-order chi connectivity index (χ0) is 12.0. The number of hydrogen-bond acceptors (Lipinski definition) is 3. The molecule has 0 aromatic heterocycles. The summed E-state index contributed by atoms with van der Waals surface area (Å²) in [4.78, 5) is 10.9. The Hall–Kier alpha value is -1.71. The molecule has 1 heterocycles. The van der Waals surface area contributed by atoms with Gasteiger partial charge in [0.2, 0.25) is 0 Å². The van der Waals surface area contributed by atoms with Gasteiger partial charge in [-0.1, -0.05) is 6.07 Å². The molecule has 0 bridgehead atoms. The Morgan fingerprint density at radius 1 is 1.35 bits per heavy atom. The van der Waals surface area contributed by atoms with Gasteiger partial charge >= 0.3 is 5.97 Å². The number of carbonyl (C=O) groups is 1. The number of rotatable bonds is 2. The fourth-order valence-corrected chi connectivity index (χ4v) is 2.19. The van der Waals surface area contributed by atoms with Crippen LogP contribution in [0.5, 0.6) is 11.5 Å². The molecule has 1 atom stereocenters. The molecule has 4 heteroatoms. The standard InChI is InChI=1S/C13H14O4/c1-8(12(14)15)9-3-4-10-11(7-9)17-13(16-10)5-2-6-13/h3-4,7-8H,2,5-6H2,1H3,(H,14,15). The Morgan fingerprint density at radius 3 is 2.65 bits per heavy atom. The summed E-state index contributed by atoms with van der Waals surface area (Å²) in [5.74, 6) is -0.404. The van der Waals surface area contributed by atoms with E-state index in [0.29, 0.717) is 5.75 Å². The van der Waals surface area contributed by atoms with Gasteiger partial charge in [0.15, 0.2) is 11.5 Å². The van der Waals surface area contributed by atoms with Gasteiger partial charge in [0, 0.05) is 12.8 Å². The Morgan fingerprint density at radius 2 is 2.06 bits per heavy atom. The smallest absolute Gasteiger partial charge is 0.310 e. The average Bonchev–Trinajstić information content (AvgIpc) is 2.65. The van der Waals surface area contributed by atoms with E-state index < -0.39 is 17.7 Å². The lowest BCUT2D eigenvalue weighted by Crippen LogP contribution is -2.45. The summed E-state index contributed by atoms with van der Waals surface area (Å²) in [5.41, 5.74) is 0.747. The van der Waals surface area contributed by atoms with Crippen LogP contribution in [-0.2, 0) is 4.79 Å². The van der Waals surface area contributed by atoms with Gasteiger partial charge in [-0.2, -0.15) is 0 Å². The summed E-state index contributed by atoms with van der Waals surface area (Å²) in [6.45, 7) is 1.67. The van der Waals surface area contributed by atoms with Crippen LogP contribution in [0.3, 0.4) is 0 Å². The Labute approximate surface area is 99.2 Å². The van der Waals surface area contributed by atoms with E-state index in [1.54, 1.807) is 25.1 Å². The maximum Gasteiger partial charge on any atom is 0.310 e. The molecule has 0 saturated heterocycles. The van der Waals surface area contributed by atoms with Crippen LogP contribution in [0.2, 0.25) is 0 Å². The second-order valence-electron chi connectivity index (χ2n) is 4.73. The zero-order valence-corrected chi connectivity index (χ0v) is 9.60. The maximum absolute atomic E-state index is 10.9. The Kier molecular flexibility index (Phi) is 2.08. The molecule has 1 aliphatic carbocycles. The molecule has 1 saturated carbocycles. The normalized spacial score (nSPS) is 21.0. The molecule has 1 unspecified atom stereocenters. The summed E-state index contributed by atoms with van der Waals surface area (Å²) >= 11 is 0. The van der Waals surface area contributed by atoms with E-state index in [0.717, 1.165) is 30.6 Å². The predicted octanol–water partition coefficient (Wildman–Crippen LogP) is 2.53. The highest BCUT2D eigenvalue weighted by Crippen LogP contribution is 2.48. The molecule has 0 amide bonds. The lowest BCUT2D eigenvalue weighted by molar-refractivity contribution is -0.138. The molecule has 1 N–H and O–H groups in total. The van der Waals surface area contributed by atoms with E-state index in [4.69, 9.17) is 14.6 Å². The summed E-state index contributed by atoms with van der Waals surface area (Å²) in [5, 5.41) is 8.97. The SMILES string of the molecule is CC(C(=O)O)c1ccc2c(c1)OC1(CCC1)O2. The zero-order valence-electron chi connectivity index (χ0n) is 9.60. The highest BCUT2D eigenvalue weighted by atomic mass is 16.7. The molecule has 1 aromatic rings. The fourth-order valence-electron chi connectivity index (χ4n) is 2.19. The van der Waals surface area contributed by atoms with E-state index in [-0.39, 0.29) is 0 Å². The summed E-state index contributed by atoms with van der Waals surface area (Å²) in [7, 11) is 0. The topological polar surface area (TPSA) is 55.8 Å². The van der Waals surface area contributed by atoms with Crippen molar-refractivity contribution in [3.05, 3.63) is 23.8 Å². The maximum atomic E-state index is 10.9. The van der Waals surface area contributed by atoms with Gasteiger partial charge < -0.3 is 14.6 Å². The van der Waals surface area contributed by atoms with Gasteiger partial charge in [-0.3, -0.25) is 4.79 Å². The average molecular weight is 234 g/mol. The molecule has 90 valence electrons. The third kappa shape index (κ3) is 1.55. The summed E-state index contributed by atoms with van der Waals surface area (Å²) < 4.78 is 11.5. The van der Waals surface area contributed by atoms with Crippen molar-refractivity contribution in [1.82, 2.24) is 0 Å². The third-order valence-electron chi connectivity index (χ3n) is 3.55. The summed E-state index contributed by atoms with van der Waals surface area (Å²) in [6, 6.07) is 5.37. The van der Waals surface area contributed by atoms with E-state index >= 15 is 0 Å². The van der Waals surface area contributed by atoms with Crippen LogP contribution in [0.1, 0.15) is 37.7 Å². The molecule has 0 radical (unpaired) electrons. The summed E-state index contributed by atoms with van der Waals surface area (Å²) in [6.07, 6.45) is 2.93. The van der Waals surface area contributed by atoms with Crippen molar-refractivity contribution in [3.8, 4) is 11.5 Å². The quantitative estimate of drug-likeness (QED) is 0.854. The molecule has 3 rings (SSSR count). The molecule has 1 spiro atoms. The van der Waals surface area contributed by atoms with Crippen molar-refractivity contribution in [3.63, 3.8) is 0 Å². The first-order valence-corrected chi connectivity index (χ1v) is 5.84. The molecular weight excluding hydrogens is 220 g/mol. The number of hydrogen-bond donors (Lipinski definition) is 1. The van der Waals surface area contributed by atoms with E-state index in [2.05, 4.69) is 0 Å². The van der Waals surface area contributed by atoms with Crippen LogP contribution in [0.4, 0.5) is 0 Å². The van der Waals surface area contributed by atoms with Gasteiger partial charge in [-0.25, -0.2) is 0 Å². The molecule has 1 aliphatic heterocycles. The van der Waals surface area contributed by atoms with Crippen LogP contribution in [0.25, 0.3) is 0 Å². The minimum absolute atomic E-state index is 0.451. The van der Waals surface area contributed by atoms with Gasteiger partial charge in [0.1, 0.15) is 0 Å². The molecule has 1 aromatic carbocycles. The van der Waals surface area contributed by atoms with Crippen molar-refractivity contribution in [2.45, 2.75) is 37.9 Å². The Balaban J connectivity index is 1.89. The van der Waals surface area contributed by atoms with Crippen molar-refractivity contribution in [1.29, 1.82) is 0 Å². The molecular formula is C13H14O4. The van der Waals surface area contributed by atoms with Crippen LogP contribution in [-0.4, -0.2) is 16.9 Å². The predicted molar refractivity (Wildman–Crippen MR) is 60.3 cm³/mol. The van der Waals surface area contributed by atoms with Crippen molar-refractivity contribution >= 4 is 5.97 Å². The first-order valence-electron chi connectivity index (χ1n) is 5.84. The third-order valence-corrected chi connectivity index (χ3v) is 3.55. The Bertz CT molecular complexity index is 476. The largest absolute Gasteiger partial charge is 0.481 e. The number of carboxylic acid groups (broad SMARTS) is 1. The minimum Gasteiger partial charge on any atom is -0.481 e. The van der Waals surface area contributed by atoms with Gasteiger partial charge in [0.05, 0.1) is 5.92 Å². The highest BCUT2D eigenvalue weighted by molar-refractivity contribution is 5.76. The first-order chi connectivity index (χ1) is 8.10. The molecule has 2 aliphatic rings. The lowest BCUT2D eigenvalue weighted by Gasteiger charge is -2.35. The monoisotopic (exact) mass is 234 g/mol. The van der Waals surface area contributed by atoms with Crippen LogP contribution in [0.15, 0.2) is 18.2 Å². The number of ether oxygens (including phenoxy) is 2.